The van der Waals surface area contributed by atoms with Crippen LogP contribution in [0.4, 0.5) is 16.4 Å². The van der Waals surface area contributed by atoms with E-state index < -0.39 is 144 Å². The lowest BCUT2D eigenvalue weighted by Crippen LogP contribution is -2.59. The Morgan fingerprint density at radius 1 is 0.722 bits per heavy atom. The summed E-state index contributed by atoms with van der Waals surface area (Å²) in [4.78, 5) is 222. The van der Waals surface area contributed by atoms with Gasteiger partial charge in [-0.05, 0) is 132 Å². The normalized spacial score (nSPS) is 15.0. The third-order valence-corrected chi connectivity index (χ3v) is 23.8. The number of hydrogen-bond acceptors (Lipinski definition) is 29. The Balaban J connectivity index is 0.924. The van der Waals surface area contributed by atoms with Crippen molar-refractivity contribution in [2.24, 2.45) is 23.5 Å². The Morgan fingerprint density at radius 2 is 1.39 bits per heavy atom. The summed E-state index contributed by atoms with van der Waals surface area (Å²) in [5, 5.41) is 65.6. The maximum absolute atomic E-state index is 14.9. The van der Waals surface area contributed by atoms with Crippen LogP contribution in [-0.2, 0) is 75.2 Å². The minimum Gasteiger partial charge on any atom is -0.508 e. The molecule has 5 aromatic rings. The largest absolute Gasteiger partial charge is 0.508 e. The van der Waals surface area contributed by atoms with Gasteiger partial charge in [-0.25, -0.2) is 25.2 Å². The molecule has 0 radical (unpaired) electrons. The van der Waals surface area contributed by atoms with Crippen LogP contribution < -0.4 is 81.0 Å². The molecule has 11 atom stereocenters. The first kappa shape index (κ1) is 103. The highest BCUT2D eigenvalue weighted by molar-refractivity contribution is 8.76. The van der Waals surface area contributed by atoms with Crippen molar-refractivity contribution in [2.75, 3.05) is 69.1 Å². The van der Waals surface area contributed by atoms with E-state index in [1.807, 2.05) is 53.5 Å². The van der Waals surface area contributed by atoms with Gasteiger partial charge in [0, 0.05) is 84.5 Å². The number of likely N-dealkylation sites (N-methyl/N-ethyl adjacent to an activating group) is 1. The second kappa shape index (κ2) is 52.7. The lowest BCUT2D eigenvalue weighted by molar-refractivity contribution is -0.159. The molecule has 1 aliphatic rings. The van der Waals surface area contributed by atoms with E-state index in [2.05, 4.69) is 84.0 Å². The average Bonchev–Trinajstić information content (AvgIpc) is 0.819. The van der Waals surface area contributed by atoms with Crippen LogP contribution in [0.5, 0.6) is 5.75 Å². The van der Waals surface area contributed by atoms with Crippen LogP contribution in [0.15, 0.2) is 64.9 Å². The number of esters is 1. The number of nitrogens with zero attached hydrogens (tertiary/aromatic N) is 6. The van der Waals surface area contributed by atoms with Crippen LogP contribution >= 0.6 is 32.9 Å². The Labute approximate surface area is 740 Å². The van der Waals surface area contributed by atoms with Gasteiger partial charge >= 0.3 is 24.0 Å². The minimum absolute atomic E-state index is 0.00558. The Hall–Kier alpha value is -12.0. The van der Waals surface area contributed by atoms with Crippen LogP contribution in [0.25, 0.3) is 11.2 Å². The number of guanidine groups is 1. The van der Waals surface area contributed by atoms with E-state index in [0.717, 1.165) is 24.9 Å². The topological polar surface area (TPSA) is 629 Å². The molecule has 126 heavy (non-hydrogen) atoms. The molecule has 45 heteroatoms. The molecular formula is C81H118N22O20S3. The zero-order valence-corrected chi connectivity index (χ0v) is 74.5. The molecule has 2 aromatic carbocycles. The number of phenolic OH excluding ortho intramolecular Hbond substituents is 1. The number of phenols is 1. The fourth-order valence-electron chi connectivity index (χ4n) is 13.2. The standard InChI is InChI=1S/C81H118N22O20S3/c1-10-16-64(110)123-43-103(78(120)65(45(5)11-2)97-75(118)59-18-12-13-31-102(59)9)60(44(3)4)36-47(7)77-96-58(42-124-77)74(117)92-52(37-49-20-26-54(104)27-21-49)35-46(6)68(111)100-101-81(121)122-32-34-126-125-33-30-86-69(112)48(8)90-72(115)57(39-63(108)109)95-71(114)55(17-14-29-87-79(82)83)94-73(116)56(38-62(106)107)93-61(105)19-15-28-85-70(113)50-22-24-51(25-23-50)88-40-53-41-89-67-66(91-53)76(119)99-80(84)98-67/h20-27,41-42,44-48,52,55-57,59-60,65,88,104H,10-19,28-40,43H2,1-9H3,(H,85,113)(H,86,112)(H,90,115)(H,92,117)(H,93,105)(H,94,116)(H,95,114)(H,97,118)(H,100,111)(H,101,121)(H,106,107)(H,108,109)(H4,82,83,87)(H3,84,89,98,99,119)/t45?,46-,47+,48-,52+,55-,56-,57-,59+,60+,65-/m0/s1. The predicted octanol–water partition coefficient (Wildman–Crippen LogP) is 2.74. The van der Waals surface area contributed by atoms with E-state index in [0.29, 0.717) is 47.8 Å². The molecule has 690 valence electrons. The number of aliphatic carboxylic acids is 2. The number of fused-ring (bicyclic) bond motifs is 1. The number of likely N-dealkylation sites (tertiary alicyclic amines) is 1. The fraction of sp³-hybridized carbons (Fsp3) is 0.556. The van der Waals surface area contributed by atoms with Gasteiger partial charge in [0.25, 0.3) is 17.4 Å². The highest BCUT2D eigenvalue weighted by Gasteiger charge is 2.40. The number of ether oxygens (including phenoxy) is 2. The first-order valence-electron chi connectivity index (χ1n) is 41.5. The number of rotatable bonds is 52. The number of carbonyl (C=O) groups excluding carboxylic acids is 12. The van der Waals surface area contributed by atoms with Crippen LogP contribution in [0, 0.1) is 23.2 Å². The van der Waals surface area contributed by atoms with Gasteiger partial charge in [0.2, 0.25) is 53.2 Å². The monoisotopic (exact) mass is 1810 g/mol. The third-order valence-electron chi connectivity index (χ3n) is 20.4. The summed E-state index contributed by atoms with van der Waals surface area (Å²) in [5.74, 6) is -12.1. The average molecular weight is 1820 g/mol. The van der Waals surface area contributed by atoms with Gasteiger partial charge in [0.15, 0.2) is 23.9 Å². The molecule has 0 aliphatic carbocycles. The zero-order valence-electron chi connectivity index (χ0n) is 72.0. The number of aromatic hydroxyl groups is 1. The number of carbonyl (C=O) groups is 14. The van der Waals surface area contributed by atoms with Crippen LogP contribution in [0.2, 0.25) is 0 Å². The first-order valence-corrected chi connectivity index (χ1v) is 44.9. The predicted molar refractivity (Wildman–Crippen MR) is 470 cm³/mol. The van der Waals surface area contributed by atoms with E-state index in [1.54, 1.807) is 41.5 Å². The number of amides is 11. The van der Waals surface area contributed by atoms with E-state index >= 15 is 0 Å². The van der Waals surface area contributed by atoms with Crippen molar-refractivity contribution in [1.82, 2.24) is 93.4 Å². The van der Waals surface area contributed by atoms with Crippen molar-refractivity contribution >= 4 is 145 Å². The molecule has 1 unspecified atom stereocenters. The highest BCUT2D eigenvalue weighted by Crippen LogP contribution is 2.31. The third kappa shape index (κ3) is 35.2. The number of hydrazine groups is 1. The fourth-order valence-corrected chi connectivity index (χ4v) is 15.8. The molecule has 1 aliphatic heterocycles. The van der Waals surface area contributed by atoms with E-state index in [-0.39, 0.29) is 160 Å². The van der Waals surface area contributed by atoms with Gasteiger partial charge in [0.05, 0.1) is 42.3 Å². The molecule has 21 N–H and O–H groups in total. The molecule has 4 heterocycles. The number of thiazole rings is 1. The minimum atomic E-state index is -1.84. The molecule has 1 saturated heterocycles. The summed E-state index contributed by atoms with van der Waals surface area (Å²) in [6.07, 6.45) is 2.45. The van der Waals surface area contributed by atoms with Gasteiger partial charge in [-0.15, -0.1) is 11.3 Å². The van der Waals surface area contributed by atoms with Gasteiger partial charge in [-0.3, -0.25) is 87.8 Å². The number of benzene rings is 2. The van der Waals surface area contributed by atoms with Crippen LogP contribution in [0.1, 0.15) is 188 Å². The van der Waals surface area contributed by atoms with Gasteiger partial charge < -0.3 is 94.3 Å². The summed E-state index contributed by atoms with van der Waals surface area (Å²) in [6.45, 7) is 15.0. The Kier molecular flexibility index (Phi) is 43.0. The molecular weight excluding hydrogens is 1700 g/mol. The SMILES string of the molecule is CCCC(=O)OCN(C(=O)[C@@H](NC(=O)[C@H]1CCCCN1C)C(C)CC)[C@H](C[C@@H](C)c1nc(C(=O)N[C@@H](Cc2ccc(O)cc2)C[C@H](C)C(=O)NNC(=O)OCCSSCCNC(=O)[C@H](C)NC(=O)[C@H](CC(=O)O)NC(=O)[C@H](CCCNC(=N)N)NC(=O)[C@H](CC(=O)O)NC(=O)CCCNC(=O)c2ccc(NCc3cnc4nc(N)[nH]c(=O)c4n3)cc2)cs1)C(C)C. The summed E-state index contributed by atoms with van der Waals surface area (Å²) >= 11 is 1.26. The molecule has 42 nitrogen and oxygen atoms in total. The molecule has 0 spiro atoms. The van der Waals surface area contributed by atoms with Crippen LogP contribution in [-0.4, -0.2) is 245 Å². The molecule has 3 aromatic heterocycles. The molecule has 1 fully saturated rings. The number of H-pyrrole nitrogens is 1. The lowest BCUT2D eigenvalue weighted by atomic mass is 9.90. The molecule has 11 amide bonds. The Morgan fingerprint density at radius 3 is 2.06 bits per heavy atom. The number of aromatic amines is 1. The number of hydrogen-bond donors (Lipinski definition) is 19. The number of piperidine rings is 1. The number of carboxylic acids is 2. The van der Waals surface area contributed by atoms with Crippen molar-refractivity contribution < 1.29 is 91.9 Å². The van der Waals surface area contributed by atoms with Crippen molar-refractivity contribution in [3.63, 3.8) is 0 Å². The maximum Gasteiger partial charge on any atom is 0.426 e. The highest BCUT2D eigenvalue weighted by atomic mass is 33.1. The lowest BCUT2D eigenvalue weighted by Gasteiger charge is -2.39. The maximum atomic E-state index is 14.9. The molecule has 0 saturated carbocycles. The van der Waals surface area contributed by atoms with Gasteiger partial charge in [0.1, 0.15) is 48.3 Å². The number of nitrogens with one attached hydrogen (secondary N) is 14. The summed E-state index contributed by atoms with van der Waals surface area (Å²) in [5.41, 5.74) is 17.2. The smallest absolute Gasteiger partial charge is 0.426 e. The molecule has 0 bridgehead atoms. The Bertz CT molecular complexity index is 4600. The summed E-state index contributed by atoms with van der Waals surface area (Å²) < 4.78 is 11.0. The number of anilines is 2. The quantitative estimate of drug-likeness (QED) is 0.00506. The van der Waals surface area contributed by atoms with E-state index in [4.69, 9.17) is 31.3 Å². The number of aromatic nitrogens is 5. The van der Waals surface area contributed by atoms with Crippen molar-refractivity contribution in [2.45, 2.75) is 212 Å². The van der Waals surface area contributed by atoms with E-state index in [9.17, 15) is 87.2 Å². The van der Waals surface area contributed by atoms with Crippen molar-refractivity contribution in [3.05, 3.63) is 98.0 Å². The zero-order chi connectivity index (χ0) is 92.7. The van der Waals surface area contributed by atoms with E-state index in [1.165, 1.54) is 70.3 Å². The first-order chi connectivity index (χ1) is 59.9. The van der Waals surface area contributed by atoms with Crippen molar-refractivity contribution in [3.8, 4) is 5.75 Å². The van der Waals surface area contributed by atoms with Crippen molar-refractivity contribution in [1.29, 1.82) is 5.41 Å². The second-order valence-electron chi connectivity index (χ2n) is 30.9. The number of nitrogens with two attached hydrogens (primary N) is 2. The number of nitrogen functional groups attached to an aromatic ring is 1. The number of carboxylic acid groups (broad SMARTS) is 2. The summed E-state index contributed by atoms with van der Waals surface area (Å²) in [6, 6.07) is 3.68. The van der Waals surface area contributed by atoms with Crippen LogP contribution in [0.3, 0.4) is 0 Å². The summed E-state index contributed by atoms with van der Waals surface area (Å²) in [7, 11) is 4.45. The van der Waals surface area contributed by atoms with Gasteiger partial charge in [-0.2, -0.15) is 4.98 Å². The second-order valence-corrected chi connectivity index (χ2v) is 34.5. The van der Waals surface area contributed by atoms with Gasteiger partial charge in [-0.1, -0.05) is 95.0 Å². The molecule has 6 rings (SSSR count).